The van der Waals surface area contributed by atoms with E-state index < -0.39 is 5.82 Å². The Morgan fingerprint density at radius 2 is 1.85 bits per heavy atom. The lowest BCUT2D eigenvalue weighted by atomic mass is 10.1. The summed E-state index contributed by atoms with van der Waals surface area (Å²) in [5, 5.41) is 5.64. The summed E-state index contributed by atoms with van der Waals surface area (Å²) >= 11 is 3.21. The maximum Gasteiger partial charge on any atom is 0.373 e. The van der Waals surface area contributed by atoms with Crippen LogP contribution >= 0.6 is 23.1 Å². The number of hydrogen-bond donors (Lipinski definition) is 0. The van der Waals surface area contributed by atoms with Crippen molar-refractivity contribution in [1.82, 2.24) is 14.8 Å². The molecule has 0 aliphatic rings. The average molecular weight is 502 g/mol. The van der Waals surface area contributed by atoms with E-state index in [0.29, 0.717) is 10.4 Å². The number of aryl methyl sites for hydroxylation is 1. The monoisotopic (exact) mass is 501 g/mol. The maximum atomic E-state index is 13.9. The molecule has 0 amide bonds. The summed E-state index contributed by atoms with van der Waals surface area (Å²) in [6.07, 6.45) is 2.11. The van der Waals surface area contributed by atoms with Gasteiger partial charge in [-0.2, -0.15) is 14.7 Å². The highest BCUT2D eigenvalue weighted by Gasteiger charge is 2.19. The molecule has 0 saturated heterocycles. The highest BCUT2D eigenvalue weighted by atomic mass is 32.2. The molecule has 0 aliphatic carbocycles. The van der Waals surface area contributed by atoms with Gasteiger partial charge in [-0.3, -0.25) is 0 Å². The number of benzene rings is 2. The fourth-order valence-electron chi connectivity index (χ4n) is 3.17. The number of aromatic nitrogens is 3. The molecule has 4 rings (SSSR count). The molecule has 6 nitrogen and oxygen atoms in total. The van der Waals surface area contributed by atoms with Gasteiger partial charge in [0.2, 0.25) is 5.13 Å². The molecule has 0 radical (unpaired) electrons. The van der Waals surface area contributed by atoms with Crippen LogP contribution in [0.15, 0.2) is 52.9 Å². The Bertz CT molecular complexity index is 1330. The summed E-state index contributed by atoms with van der Waals surface area (Å²) in [7, 11) is 1.44. The van der Waals surface area contributed by atoms with E-state index in [-0.39, 0.29) is 17.7 Å². The maximum absolute atomic E-state index is 13.9. The van der Waals surface area contributed by atoms with E-state index in [0.717, 1.165) is 32.3 Å². The van der Waals surface area contributed by atoms with Crippen molar-refractivity contribution >= 4 is 29.3 Å². The topological polar surface area (TPSA) is 74.1 Å². The van der Waals surface area contributed by atoms with Crippen LogP contribution in [0.25, 0.3) is 27.5 Å². The van der Waals surface area contributed by atoms with Crippen molar-refractivity contribution in [2.24, 2.45) is 0 Å². The minimum absolute atomic E-state index is 0.177. The van der Waals surface area contributed by atoms with Crippen LogP contribution in [0, 0.1) is 18.6 Å². The van der Waals surface area contributed by atoms with Crippen molar-refractivity contribution in [3.63, 3.8) is 0 Å². The highest BCUT2D eigenvalue weighted by molar-refractivity contribution is 8.01. The normalized spacial score (nSPS) is 10.6. The van der Waals surface area contributed by atoms with Gasteiger partial charge < -0.3 is 4.74 Å². The number of carbonyl (C=O) groups excluding carboxylic acids is 2. The van der Waals surface area contributed by atoms with Crippen molar-refractivity contribution in [2.75, 3.05) is 7.11 Å². The molecule has 0 bridgehead atoms. The van der Waals surface area contributed by atoms with Crippen LogP contribution in [0.1, 0.15) is 19.5 Å². The van der Waals surface area contributed by atoms with Gasteiger partial charge >= 0.3 is 6.15 Å². The quantitative estimate of drug-likeness (QED) is 0.294. The van der Waals surface area contributed by atoms with Crippen LogP contribution in [0.4, 0.5) is 8.78 Å². The molecule has 2 aromatic carbocycles. The zero-order valence-corrected chi connectivity index (χ0v) is 20.5. The van der Waals surface area contributed by atoms with Crippen LogP contribution in [0.2, 0.25) is 0 Å². The minimum Gasteiger partial charge on any atom is -0.494 e. The third-order valence-corrected chi connectivity index (χ3v) is 6.84. The molecule has 0 N–H and O–H groups in total. The molecule has 0 aliphatic heterocycles. The summed E-state index contributed by atoms with van der Waals surface area (Å²) < 4.78 is 35.5. The van der Waals surface area contributed by atoms with Gasteiger partial charge in [-0.25, -0.2) is 18.4 Å². The summed E-state index contributed by atoms with van der Waals surface area (Å²) in [6.45, 7) is 6.11. The molecular weight excluding hydrogens is 480 g/mol. The molecule has 4 aromatic rings. The van der Waals surface area contributed by atoms with Gasteiger partial charge in [0.05, 0.1) is 22.7 Å². The Balaban J connectivity index is 0.00000103. The van der Waals surface area contributed by atoms with E-state index >= 15 is 0 Å². The summed E-state index contributed by atoms with van der Waals surface area (Å²) in [6, 6.07) is 11.2. The molecular formula is C24H21F2N3O3S2. The van der Waals surface area contributed by atoms with Crippen molar-refractivity contribution < 1.29 is 23.1 Å². The number of ether oxygens (including phenoxy) is 1. The zero-order chi connectivity index (χ0) is 24.8. The fourth-order valence-corrected chi connectivity index (χ4v) is 5.62. The second-order valence-corrected chi connectivity index (χ2v) is 10.1. The minimum atomic E-state index is -0.415. The first-order valence-corrected chi connectivity index (χ1v) is 11.8. The first-order chi connectivity index (χ1) is 16.3. The van der Waals surface area contributed by atoms with Crippen molar-refractivity contribution in [3.05, 3.63) is 66.0 Å². The Labute approximate surface area is 203 Å². The first-order valence-electron chi connectivity index (χ1n) is 10.1. The molecule has 176 valence electrons. The van der Waals surface area contributed by atoms with E-state index in [9.17, 15) is 8.78 Å². The SMILES string of the molecule is COc1cc(-c2nc(-n3cc(-c4cccc(F)c4)c(C)n3)sc2SC(C)C)ccc1F.O=C=O. The lowest BCUT2D eigenvalue weighted by molar-refractivity contribution is -0.191. The van der Waals surface area contributed by atoms with Gasteiger partial charge in [0, 0.05) is 22.6 Å². The summed E-state index contributed by atoms with van der Waals surface area (Å²) in [4.78, 5) is 21.1. The van der Waals surface area contributed by atoms with Gasteiger partial charge in [-0.1, -0.05) is 37.3 Å². The number of hydrogen-bond acceptors (Lipinski definition) is 7. The summed E-state index contributed by atoms with van der Waals surface area (Å²) in [5.41, 5.74) is 3.93. The predicted octanol–water partition coefficient (Wildman–Crippen LogP) is 6.18. The van der Waals surface area contributed by atoms with Crippen LogP contribution in [-0.4, -0.2) is 33.3 Å². The first kappa shape index (κ1) is 25.3. The van der Waals surface area contributed by atoms with Crippen molar-refractivity contribution in [1.29, 1.82) is 0 Å². The molecule has 0 unspecified atom stereocenters. The standard InChI is InChI=1S/C23H21F2N3OS2.CO2/c1-13(2)30-22-21(16-8-9-19(25)20(11-16)29-4)26-23(31-22)28-12-18(14(3)27-28)15-6-5-7-17(24)10-15;2-1-3/h5-13H,1-4H3;. The molecule has 0 spiro atoms. The number of thiazole rings is 1. The van der Waals surface area contributed by atoms with Crippen molar-refractivity contribution in [2.45, 2.75) is 30.2 Å². The number of rotatable bonds is 6. The largest absolute Gasteiger partial charge is 0.494 e. The smallest absolute Gasteiger partial charge is 0.373 e. The second-order valence-electron chi connectivity index (χ2n) is 7.31. The zero-order valence-electron chi connectivity index (χ0n) is 18.8. The van der Waals surface area contributed by atoms with E-state index in [2.05, 4.69) is 18.9 Å². The predicted molar refractivity (Wildman–Crippen MR) is 127 cm³/mol. The Hall–Kier alpha value is -3.33. The molecule has 2 aromatic heterocycles. The molecule has 10 heteroatoms. The molecule has 2 heterocycles. The van der Waals surface area contributed by atoms with Gasteiger partial charge in [0.25, 0.3) is 0 Å². The van der Waals surface area contributed by atoms with Gasteiger partial charge in [0.15, 0.2) is 11.6 Å². The number of nitrogens with zero attached hydrogens (tertiary/aromatic N) is 3. The third kappa shape index (κ3) is 5.77. The molecule has 34 heavy (non-hydrogen) atoms. The lowest BCUT2D eigenvalue weighted by Crippen LogP contribution is -1.94. The van der Waals surface area contributed by atoms with Crippen molar-refractivity contribution in [3.8, 4) is 33.3 Å². The Morgan fingerprint density at radius 3 is 2.50 bits per heavy atom. The van der Waals surface area contributed by atoms with Gasteiger partial charge in [0.1, 0.15) is 5.82 Å². The van der Waals surface area contributed by atoms with Crippen LogP contribution < -0.4 is 4.74 Å². The Kier molecular flexibility index (Phi) is 8.33. The second kappa shape index (κ2) is 11.2. The highest BCUT2D eigenvalue weighted by Crippen LogP contribution is 2.41. The van der Waals surface area contributed by atoms with E-state index in [1.54, 1.807) is 34.6 Å². The van der Waals surface area contributed by atoms with Crippen LogP contribution in [0.3, 0.4) is 0 Å². The number of methoxy groups -OCH3 is 1. The molecule has 0 saturated carbocycles. The van der Waals surface area contributed by atoms with Gasteiger partial charge in [-0.05, 0) is 42.8 Å². The van der Waals surface area contributed by atoms with E-state index in [1.165, 1.54) is 36.6 Å². The Morgan fingerprint density at radius 1 is 1.12 bits per heavy atom. The lowest BCUT2D eigenvalue weighted by Gasteiger charge is -2.07. The average Bonchev–Trinajstić information content (AvgIpc) is 3.38. The number of thioether (sulfide) groups is 1. The van der Waals surface area contributed by atoms with E-state index in [4.69, 9.17) is 19.3 Å². The summed E-state index contributed by atoms with van der Waals surface area (Å²) in [5.74, 6) is -0.528. The molecule has 0 atom stereocenters. The van der Waals surface area contributed by atoms with Gasteiger partial charge in [-0.15, -0.1) is 11.8 Å². The number of halogens is 2. The van der Waals surface area contributed by atoms with E-state index in [1.807, 2.05) is 19.2 Å². The van der Waals surface area contributed by atoms with Crippen LogP contribution in [-0.2, 0) is 9.59 Å². The van der Waals surface area contributed by atoms with Crippen LogP contribution in [0.5, 0.6) is 5.75 Å². The third-order valence-electron chi connectivity index (χ3n) is 4.58. The molecule has 0 fully saturated rings. The fraction of sp³-hybridized carbons (Fsp3) is 0.208.